The molecule has 0 radical (unpaired) electrons. The standard InChI is InChI=1S/C3H9F5N3OP3/c1-2-3-12-11-13-9-15(6,7,8)10-14(11,4)5/h9,13H,2-3H2,1H3. The topological polar surface area (TPSA) is 36.9 Å². The summed E-state index contributed by atoms with van der Waals surface area (Å²) < 4.78 is 65.3. The third kappa shape index (κ3) is 3.84. The molecular formula is C3H9F5N3OP3. The van der Waals surface area contributed by atoms with Crippen LogP contribution in [-0.2, 0) is 4.84 Å². The molecule has 0 aromatic carbocycles. The predicted molar refractivity (Wildman–Crippen MR) is 51.3 cm³/mol. The van der Waals surface area contributed by atoms with Crippen LogP contribution in [0.1, 0.15) is 13.3 Å². The van der Waals surface area contributed by atoms with Crippen molar-refractivity contribution in [3.05, 3.63) is 0 Å². The maximum absolute atomic E-state index is 13.0. The molecule has 1 heterocycles. The molecule has 1 aliphatic heterocycles. The van der Waals surface area contributed by atoms with Gasteiger partial charge in [0.2, 0.25) is 0 Å². The van der Waals surface area contributed by atoms with Crippen LogP contribution in [0.2, 0.25) is 0 Å². The van der Waals surface area contributed by atoms with Gasteiger partial charge in [-0.15, -0.1) is 0 Å². The van der Waals surface area contributed by atoms with Gasteiger partial charge in [0.15, 0.2) is 0 Å². The van der Waals surface area contributed by atoms with Gasteiger partial charge in [-0.25, -0.2) is 0 Å². The fraction of sp³-hybridized carbons (Fsp3) is 1.00. The average Bonchev–Trinajstić information content (AvgIpc) is 1.98. The predicted octanol–water partition coefficient (Wildman–Crippen LogP) is 4.66. The van der Waals surface area contributed by atoms with E-state index in [1.54, 1.807) is 11.4 Å². The third-order valence-corrected chi connectivity index (χ3v) is 6.95. The average molecular weight is 291 g/mol. The Morgan fingerprint density at radius 1 is 1.47 bits per heavy atom. The Morgan fingerprint density at radius 3 is 2.53 bits per heavy atom. The number of halogens is 5. The molecule has 0 spiro atoms. The number of hydrogen-bond donors (Lipinski definition) is 1. The first-order valence-corrected chi connectivity index (χ1v) is 8.11. The van der Waals surface area contributed by atoms with Gasteiger partial charge in [0.05, 0.1) is 0 Å². The van der Waals surface area contributed by atoms with E-state index >= 15 is 0 Å². The van der Waals surface area contributed by atoms with E-state index in [2.05, 4.69) is 4.84 Å². The molecule has 1 N–H and O–H groups in total. The molecule has 92 valence electrons. The summed E-state index contributed by atoms with van der Waals surface area (Å²) in [5.41, 5.74) is 0. The summed E-state index contributed by atoms with van der Waals surface area (Å²) >= 11 is 0. The first-order chi connectivity index (χ1) is 6.64. The molecule has 4 nitrogen and oxygen atoms in total. The monoisotopic (exact) mass is 291 g/mol. The van der Waals surface area contributed by atoms with Crippen LogP contribution in [0, 0.1) is 0 Å². The van der Waals surface area contributed by atoms with Crippen LogP contribution >= 0.6 is 24.5 Å². The zero-order chi connectivity index (χ0) is 11.8. The van der Waals surface area contributed by atoms with Gasteiger partial charge in [0.1, 0.15) is 0 Å². The van der Waals surface area contributed by atoms with Crippen LogP contribution in [0.3, 0.4) is 0 Å². The first kappa shape index (κ1) is 13.7. The molecular weight excluding hydrogens is 282 g/mol. The van der Waals surface area contributed by atoms with Crippen molar-refractivity contribution in [2.45, 2.75) is 13.3 Å². The Bertz CT molecular complexity index is 299. The summed E-state index contributed by atoms with van der Waals surface area (Å²) in [6.45, 7) is 1.61. The van der Waals surface area contributed by atoms with E-state index in [0.717, 1.165) is 4.86 Å². The van der Waals surface area contributed by atoms with Crippen molar-refractivity contribution >= 4 is 24.5 Å². The van der Waals surface area contributed by atoms with E-state index in [-0.39, 0.29) is 11.2 Å². The van der Waals surface area contributed by atoms with E-state index in [1.807, 2.05) is 0 Å². The van der Waals surface area contributed by atoms with E-state index in [9.17, 15) is 21.0 Å². The number of hydrogen-bond acceptors (Lipinski definition) is 4. The van der Waals surface area contributed by atoms with Crippen LogP contribution in [0.25, 0.3) is 0 Å². The van der Waals surface area contributed by atoms with E-state index < -0.39 is 24.5 Å². The molecule has 0 bridgehead atoms. The van der Waals surface area contributed by atoms with E-state index in [1.165, 1.54) is 0 Å². The second kappa shape index (κ2) is 4.13. The van der Waals surface area contributed by atoms with Crippen molar-refractivity contribution < 1.29 is 25.8 Å². The minimum atomic E-state index is -7.21. The van der Waals surface area contributed by atoms with Crippen molar-refractivity contribution in [1.82, 2.24) is 9.46 Å². The molecule has 0 aromatic heterocycles. The van der Waals surface area contributed by atoms with Gasteiger partial charge in [0, 0.05) is 0 Å². The summed E-state index contributed by atoms with van der Waals surface area (Å²) in [4.78, 5) is 5.59. The molecule has 0 aliphatic carbocycles. The second-order valence-corrected chi connectivity index (χ2v) is 8.08. The normalized spacial score (nSPS) is 32.8. The van der Waals surface area contributed by atoms with Crippen LogP contribution in [-0.4, -0.2) is 11.2 Å². The summed E-state index contributed by atoms with van der Waals surface area (Å²) in [7, 11) is -14.1. The molecule has 0 saturated carbocycles. The van der Waals surface area contributed by atoms with Crippen molar-refractivity contribution in [2.75, 3.05) is 6.61 Å². The van der Waals surface area contributed by atoms with Gasteiger partial charge in [0.25, 0.3) is 0 Å². The quantitative estimate of drug-likeness (QED) is 0.606. The number of nitrogens with one attached hydrogen (secondary N) is 1. The molecule has 0 fully saturated rings. The minimum absolute atomic E-state index is 0.0279. The van der Waals surface area contributed by atoms with Crippen molar-refractivity contribution in [1.29, 1.82) is 0 Å². The Labute approximate surface area is 85.1 Å². The molecule has 1 unspecified atom stereocenters. The van der Waals surface area contributed by atoms with E-state index in [4.69, 9.17) is 0 Å². The summed E-state index contributed by atoms with van der Waals surface area (Å²) in [6, 6.07) is 0. The Kier molecular flexibility index (Phi) is 3.77. The summed E-state index contributed by atoms with van der Waals surface area (Å²) in [5.74, 6) is 0. The van der Waals surface area contributed by atoms with Gasteiger partial charge in [-0.05, 0) is 0 Å². The van der Waals surface area contributed by atoms with Crippen LogP contribution < -0.4 is 4.86 Å². The van der Waals surface area contributed by atoms with Crippen molar-refractivity contribution in [3.8, 4) is 0 Å². The van der Waals surface area contributed by atoms with Gasteiger partial charge in [-0.2, -0.15) is 0 Å². The molecule has 15 heavy (non-hydrogen) atoms. The third-order valence-electron chi connectivity index (χ3n) is 1.21. The SMILES string of the molecule is CCCON1PNP(F)(F)(F)N=P1(F)F. The van der Waals surface area contributed by atoms with Gasteiger partial charge >= 0.3 is 84.3 Å². The molecule has 0 saturated heterocycles. The zero-order valence-corrected chi connectivity index (χ0v) is 10.3. The number of nitrogens with zero attached hydrogens (tertiary/aromatic N) is 2. The molecule has 1 aliphatic rings. The zero-order valence-electron chi connectivity index (χ0n) is 7.50. The maximum atomic E-state index is 13.0. The molecule has 1 atom stereocenters. The Balaban J connectivity index is 2.88. The van der Waals surface area contributed by atoms with Crippen LogP contribution in [0.4, 0.5) is 21.0 Å². The Hall–Kier alpha value is 0.620. The van der Waals surface area contributed by atoms with Crippen LogP contribution in [0.5, 0.6) is 0 Å². The summed E-state index contributed by atoms with van der Waals surface area (Å²) in [5, 5.41) is 0. The molecule has 0 aromatic rings. The van der Waals surface area contributed by atoms with Gasteiger partial charge in [-0.3, -0.25) is 0 Å². The van der Waals surface area contributed by atoms with Crippen LogP contribution in [0.15, 0.2) is 4.52 Å². The molecule has 12 heteroatoms. The molecule has 0 amide bonds. The Morgan fingerprint density at radius 2 is 2.07 bits per heavy atom. The fourth-order valence-electron chi connectivity index (χ4n) is 0.696. The number of rotatable bonds is 3. The van der Waals surface area contributed by atoms with E-state index in [0.29, 0.717) is 6.42 Å². The van der Waals surface area contributed by atoms with Crippen molar-refractivity contribution in [2.24, 2.45) is 4.52 Å². The van der Waals surface area contributed by atoms with Crippen molar-refractivity contribution in [3.63, 3.8) is 0 Å². The molecule has 1 rings (SSSR count). The first-order valence-electron chi connectivity index (χ1n) is 3.82. The van der Waals surface area contributed by atoms with Gasteiger partial charge in [-0.1, -0.05) is 0 Å². The fourth-order valence-corrected chi connectivity index (χ4v) is 5.57. The second-order valence-electron chi connectivity index (χ2n) is 2.65. The summed E-state index contributed by atoms with van der Waals surface area (Å²) in [6.07, 6.45) is 0.436. The van der Waals surface area contributed by atoms with Gasteiger partial charge < -0.3 is 0 Å².